The second-order valence-corrected chi connectivity index (χ2v) is 8.95. The summed E-state index contributed by atoms with van der Waals surface area (Å²) in [5.74, 6) is -0.272. The molecular formula is C17H25Cl3N2O. The molecule has 2 N–H and O–H groups in total. The van der Waals surface area contributed by atoms with Crippen LogP contribution in [-0.2, 0) is 5.41 Å². The fourth-order valence-electron chi connectivity index (χ4n) is 2.01. The topological polar surface area (TPSA) is 41.1 Å². The molecule has 0 spiro atoms. The number of alkyl halides is 3. The van der Waals surface area contributed by atoms with E-state index < -0.39 is 9.96 Å². The number of hydrogen-bond acceptors (Lipinski definition) is 2. The smallest absolute Gasteiger partial charge is 0.252 e. The van der Waals surface area contributed by atoms with E-state index in [2.05, 4.69) is 38.3 Å². The molecule has 130 valence electrons. The van der Waals surface area contributed by atoms with Gasteiger partial charge in [-0.05, 0) is 36.1 Å². The SMILES string of the molecule is CCCCN[C@@H](NC(=O)c1ccc(C(C)(C)C)cc1)C(Cl)(Cl)Cl. The number of unbranched alkanes of at least 4 members (excludes halogenated alkanes) is 1. The van der Waals surface area contributed by atoms with Crippen LogP contribution in [0.4, 0.5) is 0 Å². The van der Waals surface area contributed by atoms with Crippen molar-refractivity contribution in [3.63, 3.8) is 0 Å². The Labute approximate surface area is 154 Å². The minimum Gasteiger partial charge on any atom is -0.333 e. The Kier molecular flexibility index (Phi) is 7.66. The van der Waals surface area contributed by atoms with Crippen LogP contribution in [-0.4, -0.2) is 22.4 Å². The van der Waals surface area contributed by atoms with E-state index in [-0.39, 0.29) is 11.3 Å². The van der Waals surface area contributed by atoms with Crippen LogP contribution in [0.15, 0.2) is 24.3 Å². The lowest BCUT2D eigenvalue weighted by Gasteiger charge is -2.27. The molecule has 0 fully saturated rings. The van der Waals surface area contributed by atoms with Crippen molar-refractivity contribution in [1.82, 2.24) is 10.6 Å². The lowest BCUT2D eigenvalue weighted by molar-refractivity contribution is 0.0929. The van der Waals surface area contributed by atoms with Crippen molar-refractivity contribution in [1.29, 1.82) is 0 Å². The maximum Gasteiger partial charge on any atom is 0.252 e. The summed E-state index contributed by atoms with van der Waals surface area (Å²) in [4.78, 5) is 12.4. The van der Waals surface area contributed by atoms with Gasteiger partial charge < -0.3 is 5.32 Å². The summed E-state index contributed by atoms with van der Waals surface area (Å²) in [5, 5.41) is 5.81. The Morgan fingerprint density at radius 2 is 1.70 bits per heavy atom. The molecule has 0 aliphatic heterocycles. The van der Waals surface area contributed by atoms with Crippen molar-refractivity contribution >= 4 is 40.7 Å². The third-order valence-electron chi connectivity index (χ3n) is 3.49. The van der Waals surface area contributed by atoms with Crippen LogP contribution in [0, 0.1) is 0 Å². The number of nitrogens with one attached hydrogen (secondary N) is 2. The Morgan fingerprint density at radius 3 is 2.13 bits per heavy atom. The monoisotopic (exact) mass is 378 g/mol. The number of rotatable bonds is 6. The quantitative estimate of drug-likeness (QED) is 0.423. The van der Waals surface area contributed by atoms with Crippen LogP contribution in [0.5, 0.6) is 0 Å². The molecular weight excluding hydrogens is 355 g/mol. The van der Waals surface area contributed by atoms with E-state index in [1.807, 2.05) is 12.1 Å². The fraction of sp³-hybridized carbons (Fsp3) is 0.588. The summed E-state index contributed by atoms with van der Waals surface area (Å²) >= 11 is 17.8. The summed E-state index contributed by atoms with van der Waals surface area (Å²) in [6.45, 7) is 9.11. The van der Waals surface area contributed by atoms with Gasteiger partial charge in [0, 0.05) is 5.56 Å². The van der Waals surface area contributed by atoms with Gasteiger partial charge in [0.1, 0.15) is 6.17 Å². The number of carbonyl (C=O) groups is 1. The van der Waals surface area contributed by atoms with Gasteiger partial charge in [0.15, 0.2) is 0 Å². The lowest BCUT2D eigenvalue weighted by Crippen LogP contribution is -2.53. The van der Waals surface area contributed by atoms with Gasteiger partial charge in [-0.2, -0.15) is 0 Å². The number of benzene rings is 1. The van der Waals surface area contributed by atoms with E-state index in [1.54, 1.807) is 12.1 Å². The first-order chi connectivity index (χ1) is 10.6. The molecule has 0 aromatic heterocycles. The molecule has 3 nitrogen and oxygen atoms in total. The second-order valence-electron chi connectivity index (χ2n) is 6.58. The first-order valence-electron chi connectivity index (χ1n) is 7.77. The molecule has 0 saturated heterocycles. The van der Waals surface area contributed by atoms with Crippen molar-refractivity contribution in [3.8, 4) is 0 Å². The largest absolute Gasteiger partial charge is 0.333 e. The Morgan fingerprint density at radius 1 is 1.13 bits per heavy atom. The van der Waals surface area contributed by atoms with E-state index in [9.17, 15) is 4.79 Å². The van der Waals surface area contributed by atoms with Gasteiger partial charge in [0.25, 0.3) is 5.91 Å². The van der Waals surface area contributed by atoms with Gasteiger partial charge in [0.2, 0.25) is 3.79 Å². The average Bonchev–Trinajstić information content (AvgIpc) is 2.44. The van der Waals surface area contributed by atoms with Crippen molar-refractivity contribution in [2.45, 2.75) is 55.9 Å². The molecule has 0 heterocycles. The summed E-state index contributed by atoms with van der Waals surface area (Å²) in [7, 11) is 0. The highest BCUT2D eigenvalue weighted by Gasteiger charge is 2.33. The van der Waals surface area contributed by atoms with Gasteiger partial charge in [-0.25, -0.2) is 0 Å². The predicted molar refractivity (Wildman–Crippen MR) is 99.6 cm³/mol. The van der Waals surface area contributed by atoms with Crippen LogP contribution < -0.4 is 10.6 Å². The van der Waals surface area contributed by atoms with Crippen molar-refractivity contribution in [2.75, 3.05) is 6.54 Å². The number of carbonyl (C=O) groups excluding carboxylic acids is 1. The van der Waals surface area contributed by atoms with E-state index in [4.69, 9.17) is 34.8 Å². The maximum absolute atomic E-state index is 12.4. The van der Waals surface area contributed by atoms with E-state index in [0.29, 0.717) is 12.1 Å². The van der Waals surface area contributed by atoms with Crippen LogP contribution >= 0.6 is 34.8 Å². The number of amides is 1. The first kappa shape index (κ1) is 20.6. The Bertz CT molecular complexity index is 504. The lowest BCUT2D eigenvalue weighted by atomic mass is 9.87. The molecule has 0 aliphatic rings. The molecule has 0 radical (unpaired) electrons. The van der Waals surface area contributed by atoms with Gasteiger partial charge in [-0.15, -0.1) is 0 Å². The fourth-order valence-corrected chi connectivity index (χ4v) is 2.40. The van der Waals surface area contributed by atoms with E-state index in [1.165, 1.54) is 0 Å². The average molecular weight is 380 g/mol. The molecule has 0 unspecified atom stereocenters. The molecule has 1 amide bonds. The Balaban J connectivity index is 2.78. The molecule has 1 atom stereocenters. The highest BCUT2D eigenvalue weighted by Crippen LogP contribution is 2.29. The predicted octanol–water partition coefficient (Wildman–Crippen LogP) is 4.80. The molecule has 23 heavy (non-hydrogen) atoms. The van der Waals surface area contributed by atoms with Crippen molar-refractivity contribution < 1.29 is 4.79 Å². The molecule has 1 aromatic carbocycles. The minimum absolute atomic E-state index is 0.0385. The summed E-state index contributed by atoms with van der Waals surface area (Å²) < 4.78 is -1.62. The van der Waals surface area contributed by atoms with Crippen LogP contribution in [0.25, 0.3) is 0 Å². The van der Waals surface area contributed by atoms with Gasteiger partial charge >= 0.3 is 0 Å². The standard InChI is InChI=1S/C17H25Cl3N2O/c1-5-6-11-21-15(17(18,19)20)22-14(23)12-7-9-13(10-8-12)16(2,3)4/h7-10,15,21H,5-6,11H2,1-4H3,(H,22,23)/t15-/m0/s1. The van der Waals surface area contributed by atoms with Crippen LogP contribution in [0.2, 0.25) is 0 Å². The first-order valence-corrected chi connectivity index (χ1v) is 8.90. The number of hydrogen-bond donors (Lipinski definition) is 2. The zero-order valence-corrected chi connectivity index (χ0v) is 16.3. The van der Waals surface area contributed by atoms with Crippen LogP contribution in [0.3, 0.4) is 0 Å². The maximum atomic E-state index is 12.4. The molecule has 6 heteroatoms. The van der Waals surface area contributed by atoms with Gasteiger partial charge in [-0.3, -0.25) is 10.1 Å². The minimum atomic E-state index is -1.62. The van der Waals surface area contributed by atoms with Gasteiger partial charge in [-0.1, -0.05) is 81.1 Å². The summed E-state index contributed by atoms with van der Waals surface area (Å²) in [6.07, 6.45) is 1.21. The second kappa shape index (κ2) is 8.57. The van der Waals surface area contributed by atoms with E-state index >= 15 is 0 Å². The van der Waals surface area contributed by atoms with E-state index in [0.717, 1.165) is 18.4 Å². The third-order valence-corrected chi connectivity index (χ3v) is 4.15. The van der Waals surface area contributed by atoms with Crippen LogP contribution in [0.1, 0.15) is 56.5 Å². The Hall–Kier alpha value is -0.480. The molecule has 1 aromatic rings. The number of halogens is 3. The molecule has 0 bridgehead atoms. The zero-order chi connectivity index (χ0) is 17.7. The molecule has 1 rings (SSSR count). The highest BCUT2D eigenvalue weighted by atomic mass is 35.6. The molecule has 0 saturated carbocycles. The van der Waals surface area contributed by atoms with Crippen molar-refractivity contribution in [2.24, 2.45) is 0 Å². The summed E-state index contributed by atoms with van der Waals surface area (Å²) in [5.41, 5.74) is 1.74. The van der Waals surface area contributed by atoms with Gasteiger partial charge in [0.05, 0.1) is 0 Å². The van der Waals surface area contributed by atoms with Crippen molar-refractivity contribution in [3.05, 3.63) is 35.4 Å². The molecule has 0 aliphatic carbocycles. The zero-order valence-electron chi connectivity index (χ0n) is 14.1. The third kappa shape index (κ3) is 6.88. The highest BCUT2D eigenvalue weighted by molar-refractivity contribution is 6.68. The summed E-state index contributed by atoms with van der Waals surface area (Å²) in [6, 6.07) is 7.47. The normalized spacial score (nSPS) is 13.7.